The molecule has 74 heavy (non-hydrogen) atoms. The van der Waals surface area contributed by atoms with E-state index < -0.39 is 0 Å². The van der Waals surface area contributed by atoms with Crippen molar-refractivity contribution >= 4 is 65.4 Å². The molecular weight excluding hydrogens is 1010 g/mol. The van der Waals surface area contributed by atoms with Crippen LogP contribution in [-0.2, 0) is 0 Å². The van der Waals surface area contributed by atoms with Gasteiger partial charge in [0.2, 0.25) is 0 Å². The van der Waals surface area contributed by atoms with Gasteiger partial charge in [0.05, 0.1) is 0 Å². The molecular formula is C69H57IN4. The third-order valence-corrected chi connectivity index (χ3v) is 16.7. The maximum atomic E-state index is 7.89. The lowest BCUT2D eigenvalue weighted by atomic mass is 9.79. The highest BCUT2D eigenvalue weighted by Gasteiger charge is 2.31. The van der Waals surface area contributed by atoms with Crippen molar-refractivity contribution in [2.24, 2.45) is 5.92 Å². The second-order valence-electron chi connectivity index (χ2n) is 18.4. The summed E-state index contributed by atoms with van der Waals surface area (Å²) in [4.78, 5) is 15.9. The fourth-order valence-corrected chi connectivity index (χ4v) is 12.6. The molecule has 2 aliphatic carbocycles. The summed E-state index contributed by atoms with van der Waals surface area (Å²) in [6.07, 6.45) is 34.2. The number of allylic oxidation sites excluding steroid dienone is 19. The standard InChI is InChI=1S/C69H57IN4/c1-5-19-57(52-22-12-9-13-23-52)40-47(4)67-72-68(50(7-3)41-49(6-2)51-20-10-8-11-21-51)74-69(73-67)62-43-60(54-33-30-48(31-34-54)29-32-53-24-14-15-26-59(53)46-71)42-61(44-62)55-35-37-56(38-36-55)65-45-58-25-16-17-27-63(58)66-64(65)28-18-39-70-66/h5-47,63,66,71H,3H2,1-2,4H3/b19-5-,32-29+,49-6+,50-41+,57-40+,71-46?. The monoisotopic (exact) mass is 1070 g/mol. The summed E-state index contributed by atoms with van der Waals surface area (Å²) in [6.45, 7) is 10.6. The number of benzene rings is 6. The first-order valence-electron chi connectivity index (χ1n) is 25.2. The molecule has 2 heterocycles. The molecule has 6 aromatic carbocycles. The van der Waals surface area contributed by atoms with Crippen molar-refractivity contribution in [3.05, 3.63) is 293 Å². The van der Waals surface area contributed by atoms with Crippen LogP contribution in [0.1, 0.15) is 71.7 Å². The van der Waals surface area contributed by atoms with Crippen molar-refractivity contribution in [1.29, 1.82) is 5.41 Å². The van der Waals surface area contributed by atoms with Gasteiger partial charge in [-0.15, -0.1) is 20.7 Å². The SMILES string of the molecule is C=C/C(=C\C(=C/C)c1ccccc1)c1nc(-c2cc(-c3ccc(/C=C/c4ccccc4C=N)cc3)cc(-c3ccc(C4=C5C=CC=IC5C5C=CC=CC5=C4)cc3)c2)nc(C(C)/C=C(\C=C/C)c2ccccc2)n1. The van der Waals surface area contributed by atoms with E-state index in [-0.39, 0.29) is 26.6 Å². The molecule has 3 atom stereocenters. The van der Waals surface area contributed by atoms with Crippen LogP contribution in [0.4, 0.5) is 0 Å². The Labute approximate surface area is 446 Å². The van der Waals surface area contributed by atoms with Crippen molar-refractivity contribution in [1.82, 2.24) is 15.0 Å². The van der Waals surface area contributed by atoms with E-state index in [0.29, 0.717) is 27.3 Å². The van der Waals surface area contributed by atoms with E-state index in [0.717, 1.165) is 72.4 Å². The van der Waals surface area contributed by atoms with Crippen LogP contribution in [0.3, 0.4) is 0 Å². The number of nitrogens with zero attached hydrogens (tertiary/aromatic N) is 3. The van der Waals surface area contributed by atoms with Gasteiger partial charge in [0, 0.05) is 33.1 Å². The lowest BCUT2D eigenvalue weighted by molar-refractivity contribution is 0.800. The molecule has 1 aromatic heterocycles. The van der Waals surface area contributed by atoms with Crippen LogP contribution >= 0.6 is 20.7 Å². The number of halogens is 1. The molecule has 1 N–H and O–H groups in total. The van der Waals surface area contributed by atoms with E-state index in [9.17, 15) is 0 Å². The van der Waals surface area contributed by atoms with Gasteiger partial charge < -0.3 is 5.41 Å². The van der Waals surface area contributed by atoms with Gasteiger partial charge in [0.1, 0.15) is 5.82 Å². The lowest BCUT2D eigenvalue weighted by Gasteiger charge is -2.32. The second-order valence-corrected chi connectivity index (χ2v) is 21.2. The molecule has 0 radical (unpaired) electrons. The Hall–Kier alpha value is -8.26. The molecule has 10 rings (SSSR count). The van der Waals surface area contributed by atoms with Gasteiger partial charge in [-0.3, -0.25) is 0 Å². The highest BCUT2D eigenvalue weighted by molar-refractivity contribution is 14.2. The van der Waals surface area contributed by atoms with Crippen LogP contribution in [-0.4, -0.2) is 29.1 Å². The van der Waals surface area contributed by atoms with Crippen molar-refractivity contribution in [2.45, 2.75) is 30.6 Å². The van der Waals surface area contributed by atoms with E-state index >= 15 is 0 Å². The Kier molecular flexibility index (Phi) is 15.4. The Morgan fingerprint density at radius 3 is 1.96 bits per heavy atom. The number of hydrogen-bond acceptors (Lipinski definition) is 4. The molecule has 3 aliphatic rings. The average Bonchev–Trinajstić information content (AvgIpc) is 3.47. The molecule has 4 nitrogen and oxygen atoms in total. The summed E-state index contributed by atoms with van der Waals surface area (Å²) in [5.74, 6) is 2.06. The van der Waals surface area contributed by atoms with Gasteiger partial charge in [-0.25, -0.2) is 15.0 Å². The van der Waals surface area contributed by atoms with E-state index in [2.05, 4.69) is 225 Å². The normalized spacial score (nSPS) is 17.0. The van der Waals surface area contributed by atoms with Crippen molar-refractivity contribution in [2.75, 3.05) is 0 Å². The molecule has 0 fully saturated rings. The summed E-state index contributed by atoms with van der Waals surface area (Å²) < 4.78 is 2.95. The molecule has 360 valence electrons. The van der Waals surface area contributed by atoms with Crippen molar-refractivity contribution < 1.29 is 0 Å². The minimum Gasteiger partial charge on any atom is -0.308 e. The summed E-state index contributed by atoms with van der Waals surface area (Å²) >= 11 is -0.116. The molecule has 0 spiro atoms. The van der Waals surface area contributed by atoms with Crippen LogP contribution in [0.2, 0.25) is 0 Å². The molecule has 3 unspecified atom stereocenters. The second kappa shape index (κ2) is 23.1. The van der Waals surface area contributed by atoms with Crippen LogP contribution in [0, 0.1) is 11.3 Å². The first-order chi connectivity index (χ1) is 36.4. The zero-order valence-corrected chi connectivity index (χ0v) is 44.1. The zero-order valence-electron chi connectivity index (χ0n) is 41.9. The smallest absolute Gasteiger partial charge is 0.163 e. The van der Waals surface area contributed by atoms with E-state index in [4.69, 9.17) is 20.4 Å². The van der Waals surface area contributed by atoms with Crippen LogP contribution in [0.15, 0.2) is 248 Å². The van der Waals surface area contributed by atoms with Gasteiger partial charge in [0.25, 0.3) is 0 Å². The molecule has 7 aromatic rings. The lowest BCUT2D eigenvalue weighted by Crippen LogP contribution is -2.23. The molecule has 0 saturated carbocycles. The number of aromatic nitrogens is 3. The Bertz CT molecular complexity index is 3590. The predicted octanol–water partition coefficient (Wildman–Crippen LogP) is 17.6. The first-order valence-corrected chi connectivity index (χ1v) is 27.7. The van der Waals surface area contributed by atoms with Gasteiger partial charge in [-0.2, -0.15) is 0 Å². The number of nitrogens with one attached hydrogen (secondary N) is 1. The molecule has 5 heteroatoms. The quantitative estimate of drug-likeness (QED) is 0.0366. The molecule has 0 saturated heterocycles. The third kappa shape index (κ3) is 11.0. The highest BCUT2D eigenvalue weighted by Crippen LogP contribution is 2.45. The molecule has 0 amide bonds. The fourth-order valence-electron chi connectivity index (χ4n) is 9.72. The minimum atomic E-state index is -0.177. The average molecular weight is 1070 g/mol. The van der Waals surface area contributed by atoms with Crippen LogP contribution < -0.4 is 0 Å². The Morgan fingerprint density at radius 1 is 0.635 bits per heavy atom. The predicted molar refractivity (Wildman–Crippen MR) is 325 cm³/mol. The maximum absolute atomic E-state index is 7.89. The first kappa shape index (κ1) is 49.3. The summed E-state index contributed by atoms with van der Waals surface area (Å²) in [5.41, 5.74) is 18.7. The Morgan fingerprint density at radius 2 is 1.28 bits per heavy atom. The fraction of sp³-hybridized carbons (Fsp3) is 0.0870. The zero-order chi connectivity index (χ0) is 50.8. The Balaban J connectivity index is 1.11. The van der Waals surface area contributed by atoms with E-state index in [1.807, 2.05) is 49.4 Å². The van der Waals surface area contributed by atoms with Crippen molar-refractivity contribution in [3.63, 3.8) is 0 Å². The van der Waals surface area contributed by atoms with Crippen LogP contribution in [0.25, 0.3) is 68.1 Å². The number of alkyl halides is 1. The molecule has 0 bridgehead atoms. The van der Waals surface area contributed by atoms with E-state index in [1.54, 1.807) is 0 Å². The van der Waals surface area contributed by atoms with Gasteiger partial charge in [-0.1, -0.05) is 232 Å². The van der Waals surface area contributed by atoms with Gasteiger partial charge >= 0.3 is 0 Å². The maximum Gasteiger partial charge on any atom is 0.163 e. The van der Waals surface area contributed by atoms with Gasteiger partial charge in [0.15, 0.2) is 11.6 Å². The summed E-state index contributed by atoms with van der Waals surface area (Å²) in [7, 11) is 0. The minimum absolute atomic E-state index is 0.116. The summed E-state index contributed by atoms with van der Waals surface area (Å²) in [5, 5.41) is 7.89. The summed E-state index contributed by atoms with van der Waals surface area (Å²) in [6, 6.07) is 53.3. The topological polar surface area (TPSA) is 62.5 Å². The number of rotatable bonds is 15. The number of fused-ring (bicyclic) bond motifs is 3. The van der Waals surface area contributed by atoms with E-state index in [1.165, 1.54) is 28.5 Å². The third-order valence-electron chi connectivity index (χ3n) is 13.6. The number of hydrogen-bond donors (Lipinski definition) is 1. The van der Waals surface area contributed by atoms with Crippen LogP contribution in [0.5, 0.6) is 0 Å². The molecule has 1 aliphatic heterocycles. The largest absolute Gasteiger partial charge is 0.308 e. The van der Waals surface area contributed by atoms with Gasteiger partial charge in [-0.05, 0) is 126 Å². The van der Waals surface area contributed by atoms with Crippen molar-refractivity contribution in [3.8, 4) is 33.6 Å². The highest BCUT2D eigenvalue weighted by atomic mass is 127.